The maximum Gasteiger partial charge on any atom is 0.0519 e. The van der Waals surface area contributed by atoms with Gasteiger partial charge in [-0.05, 0) is 27.7 Å². The zero-order chi connectivity index (χ0) is 9.56. The lowest BCUT2D eigenvalue weighted by Crippen LogP contribution is -2.18. The molecule has 12 heavy (non-hydrogen) atoms. The Morgan fingerprint density at radius 3 is 1.33 bits per heavy atom. The predicted molar refractivity (Wildman–Crippen MR) is 51.3 cm³/mol. The molecule has 0 amide bonds. The van der Waals surface area contributed by atoms with Gasteiger partial charge in [-0.2, -0.15) is 0 Å². The quantitative estimate of drug-likeness (QED) is 0.616. The fourth-order valence-electron chi connectivity index (χ4n) is 0.762. The van der Waals surface area contributed by atoms with Crippen LogP contribution in [0.4, 0.5) is 0 Å². The van der Waals surface area contributed by atoms with Crippen molar-refractivity contribution in [1.82, 2.24) is 0 Å². The molecule has 0 saturated heterocycles. The van der Waals surface area contributed by atoms with E-state index in [0.717, 1.165) is 13.2 Å². The van der Waals surface area contributed by atoms with Crippen molar-refractivity contribution in [3.05, 3.63) is 0 Å². The summed E-state index contributed by atoms with van der Waals surface area (Å²) in [6.45, 7) is 11.9. The molecule has 0 fully saturated rings. The molecule has 0 rings (SSSR count). The molecule has 0 N–H and O–H groups in total. The molecule has 0 aromatic rings. The van der Waals surface area contributed by atoms with E-state index in [1.54, 1.807) is 0 Å². The molecule has 0 aliphatic carbocycles. The third-order valence-corrected chi connectivity index (χ3v) is 1.43. The summed E-state index contributed by atoms with van der Waals surface area (Å²) >= 11 is 0. The van der Waals surface area contributed by atoms with Crippen LogP contribution in [0.25, 0.3) is 0 Å². The van der Waals surface area contributed by atoms with Crippen molar-refractivity contribution in [2.75, 3.05) is 13.2 Å². The molecule has 0 aliphatic rings. The average molecular weight is 174 g/mol. The van der Waals surface area contributed by atoms with Gasteiger partial charge in [0.25, 0.3) is 0 Å². The summed E-state index contributed by atoms with van der Waals surface area (Å²) in [5, 5.41) is 0. The number of hydrogen-bond acceptors (Lipinski definition) is 2. The number of ether oxygens (including phenoxy) is 2. The molecule has 0 saturated carbocycles. The minimum absolute atomic E-state index is 0.325. The smallest absolute Gasteiger partial charge is 0.0519 e. The zero-order valence-corrected chi connectivity index (χ0v) is 8.96. The minimum Gasteiger partial charge on any atom is -0.378 e. The Morgan fingerprint density at radius 2 is 1.08 bits per heavy atom. The van der Waals surface area contributed by atoms with Crippen LogP contribution < -0.4 is 0 Å². The molecule has 0 bridgehead atoms. The van der Waals surface area contributed by atoms with Crippen molar-refractivity contribution in [2.24, 2.45) is 5.92 Å². The molecule has 2 nitrogen and oxygen atoms in total. The van der Waals surface area contributed by atoms with Gasteiger partial charge in [0.1, 0.15) is 0 Å². The highest BCUT2D eigenvalue weighted by molar-refractivity contribution is 4.51. The molecular weight excluding hydrogens is 152 g/mol. The van der Waals surface area contributed by atoms with Crippen molar-refractivity contribution in [2.45, 2.75) is 46.8 Å². The standard InChI is InChI=1S/C10H22O2/c1-8(2)11-6-10(5)7-12-9(3)4/h8-10H,6-7H2,1-5H3. The highest BCUT2D eigenvalue weighted by atomic mass is 16.5. The normalized spacial score (nSPS) is 12.0. The lowest BCUT2D eigenvalue weighted by atomic mass is 10.2. The molecule has 0 aromatic heterocycles. The maximum atomic E-state index is 5.46. The summed E-state index contributed by atoms with van der Waals surface area (Å²) in [7, 11) is 0. The van der Waals surface area contributed by atoms with Crippen molar-refractivity contribution in [3.63, 3.8) is 0 Å². The van der Waals surface area contributed by atoms with Crippen LogP contribution in [0.1, 0.15) is 34.6 Å². The van der Waals surface area contributed by atoms with Crippen molar-refractivity contribution in [1.29, 1.82) is 0 Å². The summed E-state index contributed by atoms with van der Waals surface area (Å²) in [6, 6.07) is 0. The molecule has 0 atom stereocenters. The SMILES string of the molecule is CC(COC(C)C)COC(C)C. The fourth-order valence-corrected chi connectivity index (χ4v) is 0.762. The van der Waals surface area contributed by atoms with Gasteiger partial charge in [-0.25, -0.2) is 0 Å². The fraction of sp³-hybridized carbons (Fsp3) is 1.00. The van der Waals surface area contributed by atoms with Gasteiger partial charge in [0.15, 0.2) is 0 Å². The topological polar surface area (TPSA) is 18.5 Å². The second-order valence-electron chi connectivity index (χ2n) is 3.87. The van der Waals surface area contributed by atoms with Gasteiger partial charge in [-0.15, -0.1) is 0 Å². The second-order valence-corrected chi connectivity index (χ2v) is 3.87. The van der Waals surface area contributed by atoms with Gasteiger partial charge < -0.3 is 9.47 Å². The molecule has 0 aromatic carbocycles. The van der Waals surface area contributed by atoms with E-state index in [4.69, 9.17) is 9.47 Å². The predicted octanol–water partition coefficient (Wildman–Crippen LogP) is 2.47. The van der Waals surface area contributed by atoms with Crippen LogP contribution in [0.5, 0.6) is 0 Å². The van der Waals surface area contributed by atoms with Crippen LogP contribution in [0.15, 0.2) is 0 Å². The molecular formula is C10H22O2. The Morgan fingerprint density at radius 1 is 0.750 bits per heavy atom. The van der Waals surface area contributed by atoms with E-state index in [2.05, 4.69) is 34.6 Å². The molecule has 2 heteroatoms. The Bertz CT molecular complexity index is 88.0. The minimum atomic E-state index is 0.325. The maximum absolute atomic E-state index is 5.46. The van der Waals surface area contributed by atoms with Gasteiger partial charge >= 0.3 is 0 Å². The van der Waals surface area contributed by atoms with Crippen molar-refractivity contribution < 1.29 is 9.47 Å². The summed E-state index contributed by atoms with van der Waals surface area (Å²) in [5.41, 5.74) is 0. The summed E-state index contributed by atoms with van der Waals surface area (Å²) in [6.07, 6.45) is 0.651. The summed E-state index contributed by atoms with van der Waals surface area (Å²) in [4.78, 5) is 0. The summed E-state index contributed by atoms with van der Waals surface area (Å²) < 4.78 is 10.9. The van der Waals surface area contributed by atoms with Gasteiger partial charge in [0, 0.05) is 5.92 Å². The highest BCUT2D eigenvalue weighted by Crippen LogP contribution is 2.01. The van der Waals surface area contributed by atoms with Crippen LogP contribution in [-0.2, 0) is 9.47 Å². The zero-order valence-electron chi connectivity index (χ0n) is 8.96. The number of rotatable bonds is 6. The van der Waals surface area contributed by atoms with Gasteiger partial charge in [0.05, 0.1) is 25.4 Å². The van der Waals surface area contributed by atoms with Crippen LogP contribution in [0.3, 0.4) is 0 Å². The molecule has 74 valence electrons. The van der Waals surface area contributed by atoms with Gasteiger partial charge in [0.2, 0.25) is 0 Å². The van der Waals surface area contributed by atoms with Crippen LogP contribution in [-0.4, -0.2) is 25.4 Å². The largest absolute Gasteiger partial charge is 0.378 e. The average Bonchev–Trinajstić information content (AvgIpc) is 1.96. The first-order chi connectivity index (χ1) is 5.52. The van der Waals surface area contributed by atoms with Crippen molar-refractivity contribution in [3.8, 4) is 0 Å². The van der Waals surface area contributed by atoms with Crippen LogP contribution in [0, 0.1) is 5.92 Å². The highest BCUT2D eigenvalue weighted by Gasteiger charge is 2.04. The lowest BCUT2D eigenvalue weighted by molar-refractivity contribution is 0.00229. The first kappa shape index (κ1) is 11.9. The van der Waals surface area contributed by atoms with E-state index < -0.39 is 0 Å². The van der Waals surface area contributed by atoms with E-state index in [1.165, 1.54) is 0 Å². The van der Waals surface area contributed by atoms with Crippen LogP contribution >= 0.6 is 0 Å². The third-order valence-electron chi connectivity index (χ3n) is 1.43. The van der Waals surface area contributed by atoms with E-state index in [1.807, 2.05) is 0 Å². The van der Waals surface area contributed by atoms with Gasteiger partial charge in [-0.3, -0.25) is 0 Å². The molecule has 0 aliphatic heterocycles. The van der Waals surface area contributed by atoms with E-state index in [9.17, 15) is 0 Å². The van der Waals surface area contributed by atoms with Gasteiger partial charge in [-0.1, -0.05) is 6.92 Å². The van der Waals surface area contributed by atoms with Crippen molar-refractivity contribution >= 4 is 0 Å². The Kier molecular flexibility index (Phi) is 6.39. The first-order valence-electron chi connectivity index (χ1n) is 4.75. The third kappa shape index (κ3) is 8.02. The number of hydrogen-bond donors (Lipinski definition) is 0. The Hall–Kier alpha value is -0.0800. The second kappa shape index (κ2) is 6.44. The Balaban J connectivity index is 3.27. The Labute approximate surface area is 76.3 Å². The first-order valence-corrected chi connectivity index (χ1v) is 4.75. The molecule has 0 heterocycles. The van der Waals surface area contributed by atoms with Crippen LogP contribution in [0.2, 0.25) is 0 Å². The molecule has 0 unspecified atom stereocenters. The van der Waals surface area contributed by atoms with E-state index >= 15 is 0 Å². The summed E-state index contributed by atoms with van der Waals surface area (Å²) in [5.74, 6) is 0.495. The molecule has 0 radical (unpaired) electrons. The lowest BCUT2D eigenvalue weighted by Gasteiger charge is -2.15. The van der Waals surface area contributed by atoms with E-state index in [-0.39, 0.29) is 0 Å². The monoisotopic (exact) mass is 174 g/mol. The van der Waals surface area contributed by atoms with E-state index in [0.29, 0.717) is 18.1 Å². The molecule has 0 spiro atoms.